The summed E-state index contributed by atoms with van der Waals surface area (Å²) >= 11 is 1.09. The van der Waals surface area contributed by atoms with E-state index >= 15 is 0 Å². The molecule has 4 nitrogen and oxygen atoms in total. The van der Waals surface area contributed by atoms with Crippen LogP contribution < -0.4 is 4.74 Å². The van der Waals surface area contributed by atoms with Crippen molar-refractivity contribution in [3.63, 3.8) is 0 Å². The molecule has 0 saturated heterocycles. The van der Waals surface area contributed by atoms with Gasteiger partial charge in [0.05, 0.1) is 0 Å². The lowest BCUT2D eigenvalue weighted by Gasteiger charge is -2.10. The smallest absolute Gasteiger partial charge is 0.377 e. The Kier molecular flexibility index (Phi) is 6.70. The molecule has 0 fully saturated rings. The summed E-state index contributed by atoms with van der Waals surface area (Å²) < 4.78 is 5.63. The highest BCUT2D eigenvalue weighted by Gasteiger charge is 2.14. The van der Waals surface area contributed by atoms with Crippen LogP contribution in [0.4, 0.5) is 4.79 Å². The number of allylic oxidation sites excluding steroid dienone is 3. The number of hydrogen-bond donors (Lipinski definition) is 1. The molecule has 0 bridgehead atoms. The number of aromatic amines is 1. The van der Waals surface area contributed by atoms with E-state index in [1.165, 1.54) is 0 Å². The quantitative estimate of drug-likeness (QED) is 0.593. The number of rotatable bonds is 6. The van der Waals surface area contributed by atoms with E-state index < -0.39 is 0 Å². The number of aromatic nitrogens is 1. The lowest BCUT2D eigenvalue weighted by Crippen LogP contribution is -2.15. The highest BCUT2D eigenvalue weighted by atomic mass is 32.2. The van der Waals surface area contributed by atoms with Gasteiger partial charge in [0, 0.05) is 28.5 Å². The van der Waals surface area contributed by atoms with Crippen LogP contribution >= 0.6 is 11.8 Å². The standard InChI is InChI=1S/C19H24N2O2S/c1-5-8-15(6-2)24-19(22)23-17-10-7-9-16-18(17)14(13-20-16)11-12-21(3)4/h5-10,13,20H,11-12H2,1-4H3/b8-5-,15-6+. The first kappa shape index (κ1) is 18.4. The van der Waals surface area contributed by atoms with Gasteiger partial charge in [0.1, 0.15) is 5.75 Å². The van der Waals surface area contributed by atoms with Crippen LogP contribution in [0.15, 0.2) is 47.5 Å². The number of fused-ring (bicyclic) bond motifs is 1. The number of carbonyl (C=O) groups is 1. The second-order valence-corrected chi connectivity index (χ2v) is 6.70. The van der Waals surface area contributed by atoms with Crippen molar-refractivity contribution in [2.45, 2.75) is 20.3 Å². The van der Waals surface area contributed by atoms with Crippen molar-refractivity contribution in [1.29, 1.82) is 0 Å². The van der Waals surface area contributed by atoms with Crippen molar-refractivity contribution in [2.75, 3.05) is 20.6 Å². The minimum atomic E-state index is -0.326. The molecule has 0 spiro atoms. The monoisotopic (exact) mass is 344 g/mol. The molecule has 1 aromatic heterocycles. The average Bonchev–Trinajstić information content (AvgIpc) is 2.96. The zero-order chi connectivity index (χ0) is 17.5. The van der Waals surface area contributed by atoms with Crippen LogP contribution in [0.1, 0.15) is 19.4 Å². The lowest BCUT2D eigenvalue weighted by molar-refractivity contribution is 0.227. The van der Waals surface area contributed by atoms with Crippen LogP contribution in [0.25, 0.3) is 10.9 Å². The van der Waals surface area contributed by atoms with Crippen LogP contribution in [0, 0.1) is 0 Å². The molecule has 0 amide bonds. The summed E-state index contributed by atoms with van der Waals surface area (Å²) in [4.78, 5) is 18.5. The van der Waals surface area contributed by atoms with Gasteiger partial charge in [-0.1, -0.05) is 24.3 Å². The van der Waals surface area contributed by atoms with Crippen molar-refractivity contribution in [3.8, 4) is 5.75 Å². The number of ether oxygens (including phenoxy) is 1. The van der Waals surface area contributed by atoms with Gasteiger partial charge in [-0.05, 0) is 63.8 Å². The van der Waals surface area contributed by atoms with Gasteiger partial charge in [-0.2, -0.15) is 0 Å². The second kappa shape index (κ2) is 8.76. The summed E-state index contributed by atoms with van der Waals surface area (Å²) in [5, 5.41) is 0.662. The molecule has 0 aliphatic rings. The van der Waals surface area contributed by atoms with Crippen molar-refractivity contribution in [3.05, 3.63) is 53.1 Å². The van der Waals surface area contributed by atoms with Crippen molar-refractivity contribution in [1.82, 2.24) is 9.88 Å². The second-order valence-electron chi connectivity index (χ2n) is 5.69. The summed E-state index contributed by atoms with van der Waals surface area (Å²) in [6.07, 6.45) is 8.59. The Morgan fingerprint density at radius 1 is 1.33 bits per heavy atom. The van der Waals surface area contributed by atoms with Gasteiger partial charge in [-0.15, -0.1) is 0 Å². The fraction of sp³-hybridized carbons (Fsp3) is 0.316. The van der Waals surface area contributed by atoms with Gasteiger partial charge < -0.3 is 14.6 Å². The number of nitrogens with zero attached hydrogens (tertiary/aromatic N) is 1. The van der Waals surface area contributed by atoms with Crippen molar-refractivity contribution in [2.24, 2.45) is 0 Å². The Hall–Kier alpha value is -1.98. The zero-order valence-electron chi connectivity index (χ0n) is 14.6. The largest absolute Gasteiger partial charge is 0.417 e. The maximum absolute atomic E-state index is 12.2. The summed E-state index contributed by atoms with van der Waals surface area (Å²) in [5.41, 5.74) is 2.14. The van der Waals surface area contributed by atoms with E-state index in [4.69, 9.17) is 4.74 Å². The van der Waals surface area contributed by atoms with Crippen molar-refractivity contribution < 1.29 is 9.53 Å². The Bertz CT molecular complexity index is 760. The van der Waals surface area contributed by atoms with Crippen LogP contribution in [-0.2, 0) is 6.42 Å². The molecule has 0 radical (unpaired) electrons. The van der Waals surface area contributed by atoms with Crippen LogP contribution in [0.5, 0.6) is 5.75 Å². The topological polar surface area (TPSA) is 45.3 Å². The van der Waals surface area contributed by atoms with E-state index in [0.717, 1.165) is 46.1 Å². The predicted octanol–water partition coefficient (Wildman–Crippen LogP) is 4.98. The molecule has 128 valence electrons. The van der Waals surface area contributed by atoms with E-state index in [9.17, 15) is 4.79 Å². The number of nitrogens with one attached hydrogen (secondary N) is 1. The number of hydrogen-bond acceptors (Lipinski definition) is 4. The third-order valence-corrected chi connectivity index (χ3v) is 4.45. The van der Waals surface area contributed by atoms with Gasteiger partial charge in [-0.25, -0.2) is 4.79 Å². The third kappa shape index (κ3) is 4.76. The molecule has 0 atom stereocenters. The van der Waals surface area contributed by atoms with E-state index in [0.29, 0.717) is 5.75 Å². The Labute approximate surface area is 147 Å². The fourth-order valence-electron chi connectivity index (χ4n) is 2.41. The SMILES string of the molecule is C/C=C\C(=C/C)SC(=O)Oc1cccc2[nH]cc(CCN(C)C)c12. The molecule has 0 aliphatic carbocycles. The lowest BCUT2D eigenvalue weighted by atomic mass is 10.1. The van der Waals surface area contributed by atoms with Crippen molar-refractivity contribution >= 4 is 28.0 Å². The Morgan fingerprint density at radius 3 is 2.79 bits per heavy atom. The van der Waals surface area contributed by atoms with Gasteiger partial charge in [-0.3, -0.25) is 0 Å². The van der Waals surface area contributed by atoms with E-state index in [1.807, 2.05) is 70.6 Å². The molecule has 2 aromatic rings. The summed E-state index contributed by atoms with van der Waals surface area (Å²) in [5.74, 6) is 0.607. The van der Waals surface area contributed by atoms with Crippen LogP contribution in [0.3, 0.4) is 0 Å². The Morgan fingerprint density at radius 2 is 2.12 bits per heavy atom. The molecular formula is C19H24N2O2S. The molecule has 0 aliphatic heterocycles. The zero-order valence-corrected chi connectivity index (χ0v) is 15.4. The predicted molar refractivity (Wildman–Crippen MR) is 103 cm³/mol. The maximum atomic E-state index is 12.2. The summed E-state index contributed by atoms with van der Waals surface area (Å²) in [7, 11) is 4.10. The first-order valence-electron chi connectivity index (χ1n) is 7.97. The average molecular weight is 344 g/mol. The number of thioether (sulfide) groups is 1. The molecule has 1 aromatic carbocycles. The number of benzene rings is 1. The normalized spacial score (nSPS) is 12.5. The van der Waals surface area contributed by atoms with E-state index in [1.54, 1.807) is 0 Å². The number of H-pyrrole nitrogens is 1. The van der Waals surface area contributed by atoms with Gasteiger partial charge in [0.2, 0.25) is 0 Å². The third-order valence-electron chi connectivity index (χ3n) is 3.59. The number of carbonyl (C=O) groups excluding carboxylic acids is 1. The fourth-order valence-corrected chi connectivity index (χ4v) is 3.05. The van der Waals surface area contributed by atoms with E-state index in [-0.39, 0.29) is 5.30 Å². The first-order valence-corrected chi connectivity index (χ1v) is 8.79. The van der Waals surface area contributed by atoms with Gasteiger partial charge in [0.25, 0.3) is 0 Å². The molecule has 24 heavy (non-hydrogen) atoms. The Balaban J connectivity index is 2.22. The van der Waals surface area contributed by atoms with Gasteiger partial charge >= 0.3 is 5.30 Å². The highest BCUT2D eigenvalue weighted by molar-refractivity contribution is 8.16. The summed E-state index contributed by atoms with van der Waals surface area (Å²) in [6, 6.07) is 5.74. The molecule has 5 heteroatoms. The minimum absolute atomic E-state index is 0.326. The van der Waals surface area contributed by atoms with Crippen LogP contribution in [0.2, 0.25) is 0 Å². The minimum Gasteiger partial charge on any atom is -0.417 e. The molecule has 2 rings (SSSR count). The maximum Gasteiger partial charge on any atom is 0.377 e. The first-order chi connectivity index (χ1) is 11.5. The molecule has 0 saturated carbocycles. The van der Waals surface area contributed by atoms with E-state index in [2.05, 4.69) is 9.88 Å². The molecular weight excluding hydrogens is 320 g/mol. The molecule has 1 heterocycles. The molecule has 1 N–H and O–H groups in total. The van der Waals surface area contributed by atoms with Crippen LogP contribution in [-0.4, -0.2) is 35.8 Å². The molecule has 0 unspecified atom stereocenters. The highest BCUT2D eigenvalue weighted by Crippen LogP contribution is 2.31. The number of likely N-dealkylation sites (N-methyl/N-ethyl adjacent to an activating group) is 1. The summed E-state index contributed by atoms with van der Waals surface area (Å²) in [6.45, 7) is 4.77. The van der Waals surface area contributed by atoms with Gasteiger partial charge in [0.15, 0.2) is 0 Å².